The number of carbonyl (C=O) groups excluding carboxylic acids is 1. The third-order valence-corrected chi connectivity index (χ3v) is 3.51. The molecule has 0 bridgehead atoms. The second-order valence-electron chi connectivity index (χ2n) is 4.97. The summed E-state index contributed by atoms with van der Waals surface area (Å²) in [6.45, 7) is 6.65. The number of carbonyl (C=O) groups is 1. The van der Waals surface area contributed by atoms with Crippen LogP contribution < -0.4 is 5.56 Å². The summed E-state index contributed by atoms with van der Waals surface area (Å²) in [6, 6.07) is 2.90. The number of aliphatic hydroxyl groups excluding tert-OH is 1. The van der Waals surface area contributed by atoms with E-state index in [1.165, 1.54) is 16.8 Å². The molecule has 6 heteroatoms. The fourth-order valence-electron chi connectivity index (χ4n) is 2.37. The van der Waals surface area contributed by atoms with Crippen molar-refractivity contribution in [3.63, 3.8) is 0 Å². The zero-order chi connectivity index (χ0) is 15.8. The van der Waals surface area contributed by atoms with Gasteiger partial charge in [-0.2, -0.15) is 5.10 Å². The highest BCUT2D eigenvalue weighted by molar-refractivity contribution is 5.92. The van der Waals surface area contributed by atoms with Gasteiger partial charge in [-0.3, -0.25) is 9.59 Å². The lowest BCUT2D eigenvalue weighted by Gasteiger charge is -2.29. The molecule has 0 fully saturated rings. The van der Waals surface area contributed by atoms with Crippen molar-refractivity contribution >= 4 is 5.91 Å². The molecular weight excluding hydrogens is 270 g/mol. The predicted molar refractivity (Wildman–Crippen MR) is 81.3 cm³/mol. The minimum absolute atomic E-state index is 0.0676. The van der Waals surface area contributed by atoms with Crippen LogP contribution in [0.25, 0.3) is 0 Å². The van der Waals surface area contributed by atoms with E-state index >= 15 is 0 Å². The molecule has 0 aromatic carbocycles. The maximum absolute atomic E-state index is 12.6. The highest BCUT2D eigenvalue weighted by Crippen LogP contribution is 2.11. The lowest BCUT2D eigenvalue weighted by atomic mass is 10.1. The lowest BCUT2D eigenvalue weighted by molar-refractivity contribution is 0.0613. The van der Waals surface area contributed by atoms with Crippen molar-refractivity contribution in [1.82, 2.24) is 14.7 Å². The van der Waals surface area contributed by atoms with E-state index in [0.717, 1.165) is 19.3 Å². The monoisotopic (exact) mass is 295 g/mol. The molecule has 0 aliphatic carbocycles. The number of rotatable bonds is 8. The number of hydrogen-bond donors (Lipinski definition) is 1. The molecule has 0 aliphatic rings. The van der Waals surface area contributed by atoms with Gasteiger partial charge in [-0.1, -0.05) is 20.8 Å². The van der Waals surface area contributed by atoms with Gasteiger partial charge in [-0.25, -0.2) is 4.68 Å². The summed E-state index contributed by atoms with van der Waals surface area (Å²) in [4.78, 5) is 25.9. The van der Waals surface area contributed by atoms with Crippen molar-refractivity contribution in [3.8, 4) is 0 Å². The molecule has 1 rings (SSSR count). The number of nitrogens with zero attached hydrogens (tertiary/aromatic N) is 3. The summed E-state index contributed by atoms with van der Waals surface area (Å²) in [5.74, 6) is -0.234. The van der Waals surface area contributed by atoms with Crippen LogP contribution in [0.4, 0.5) is 0 Å². The highest BCUT2D eigenvalue weighted by atomic mass is 16.3. The average molecular weight is 295 g/mol. The number of amides is 1. The van der Waals surface area contributed by atoms with Gasteiger partial charge in [-0.05, 0) is 25.3 Å². The molecule has 0 saturated carbocycles. The van der Waals surface area contributed by atoms with E-state index < -0.39 is 0 Å². The second kappa shape index (κ2) is 8.56. The molecule has 0 radical (unpaired) electrons. The SMILES string of the molecule is CCCn1nc(C(=O)N(CCO)C(CC)CC)ccc1=O. The number of hydrogen-bond acceptors (Lipinski definition) is 4. The van der Waals surface area contributed by atoms with Crippen molar-refractivity contribution in [2.45, 2.75) is 52.6 Å². The summed E-state index contributed by atoms with van der Waals surface area (Å²) in [6.07, 6.45) is 2.41. The normalized spacial score (nSPS) is 10.9. The first-order valence-electron chi connectivity index (χ1n) is 7.58. The molecule has 1 aromatic heterocycles. The Bertz CT molecular complexity index is 509. The number of aryl methyl sites for hydroxylation is 1. The summed E-state index contributed by atoms with van der Waals surface area (Å²) in [7, 11) is 0. The van der Waals surface area contributed by atoms with Gasteiger partial charge in [0.05, 0.1) is 6.61 Å². The second-order valence-corrected chi connectivity index (χ2v) is 4.97. The van der Waals surface area contributed by atoms with Crippen molar-refractivity contribution in [2.75, 3.05) is 13.2 Å². The molecule has 1 N–H and O–H groups in total. The largest absolute Gasteiger partial charge is 0.395 e. The van der Waals surface area contributed by atoms with Crippen molar-refractivity contribution in [1.29, 1.82) is 0 Å². The summed E-state index contributed by atoms with van der Waals surface area (Å²) in [5, 5.41) is 13.3. The fraction of sp³-hybridized carbons (Fsp3) is 0.667. The molecule has 21 heavy (non-hydrogen) atoms. The zero-order valence-electron chi connectivity index (χ0n) is 13.1. The molecule has 1 heterocycles. The van der Waals surface area contributed by atoms with Gasteiger partial charge in [0.2, 0.25) is 0 Å². The maximum Gasteiger partial charge on any atom is 0.274 e. The quantitative estimate of drug-likeness (QED) is 0.784. The standard InChI is InChI=1S/C15H25N3O3/c1-4-9-18-14(20)8-7-13(16-18)15(21)17(10-11-19)12(5-2)6-3/h7-8,12,19H,4-6,9-11H2,1-3H3. The van der Waals surface area contributed by atoms with Gasteiger partial charge in [0, 0.05) is 25.2 Å². The van der Waals surface area contributed by atoms with Gasteiger partial charge in [0.1, 0.15) is 5.69 Å². The molecule has 0 aliphatic heterocycles. The summed E-state index contributed by atoms with van der Waals surface area (Å²) < 4.78 is 1.32. The van der Waals surface area contributed by atoms with Crippen LogP contribution in [0.2, 0.25) is 0 Å². The van der Waals surface area contributed by atoms with Crippen LogP contribution in [0, 0.1) is 0 Å². The minimum Gasteiger partial charge on any atom is -0.395 e. The molecular formula is C15H25N3O3. The third kappa shape index (κ3) is 4.39. The van der Waals surface area contributed by atoms with Crippen LogP contribution >= 0.6 is 0 Å². The van der Waals surface area contributed by atoms with E-state index in [1.54, 1.807) is 4.90 Å². The van der Waals surface area contributed by atoms with E-state index in [0.29, 0.717) is 6.54 Å². The molecule has 0 unspecified atom stereocenters. The smallest absolute Gasteiger partial charge is 0.274 e. The van der Waals surface area contributed by atoms with E-state index in [4.69, 9.17) is 0 Å². The van der Waals surface area contributed by atoms with Crippen LogP contribution in [0.5, 0.6) is 0 Å². The molecule has 118 valence electrons. The van der Waals surface area contributed by atoms with Crippen LogP contribution in [0.15, 0.2) is 16.9 Å². The first-order valence-corrected chi connectivity index (χ1v) is 7.58. The van der Waals surface area contributed by atoms with E-state index in [2.05, 4.69) is 5.10 Å². The van der Waals surface area contributed by atoms with Crippen LogP contribution in [-0.4, -0.2) is 44.9 Å². The molecule has 1 aromatic rings. The van der Waals surface area contributed by atoms with Gasteiger partial charge in [0.15, 0.2) is 0 Å². The minimum atomic E-state index is -0.234. The Morgan fingerprint density at radius 3 is 2.52 bits per heavy atom. The van der Waals surface area contributed by atoms with Crippen molar-refractivity contribution in [3.05, 3.63) is 28.2 Å². The zero-order valence-corrected chi connectivity index (χ0v) is 13.1. The molecule has 1 amide bonds. The van der Waals surface area contributed by atoms with E-state index in [9.17, 15) is 14.7 Å². The Morgan fingerprint density at radius 2 is 2.00 bits per heavy atom. The van der Waals surface area contributed by atoms with E-state index in [1.807, 2.05) is 20.8 Å². The first kappa shape index (κ1) is 17.4. The Labute approximate surface area is 125 Å². The summed E-state index contributed by atoms with van der Waals surface area (Å²) >= 11 is 0. The topological polar surface area (TPSA) is 75.4 Å². The van der Waals surface area contributed by atoms with Crippen molar-refractivity contribution in [2.24, 2.45) is 0 Å². The third-order valence-electron chi connectivity index (χ3n) is 3.51. The van der Waals surface area contributed by atoms with Gasteiger partial charge >= 0.3 is 0 Å². The van der Waals surface area contributed by atoms with Gasteiger partial charge in [-0.15, -0.1) is 0 Å². The van der Waals surface area contributed by atoms with Gasteiger partial charge < -0.3 is 10.0 Å². The average Bonchev–Trinajstić information content (AvgIpc) is 2.49. The van der Waals surface area contributed by atoms with Crippen LogP contribution in [-0.2, 0) is 6.54 Å². The number of aromatic nitrogens is 2. The summed E-state index contributed by atoms with van der Waals surface area (Å²) in [5.41, 5.74) is 0.0491. The van der Waals surface area contributed by atoms with Gasteiger partial charge in [0.25, 0.3) is 11.5 Å². The lowest BCUT2D eigenvalue weighted by Crippen LogP contribution is -2.42. The first-order chi connectivity index (χ1) is 10.1. The fourth-order valence-corrected chi connectivity index (χ4v) is 2.37. The molecule has 0 atom stereocenters. The Morgan fingerprint density at radius 1 is 1.33 bits per heavy atom. The van der Waals surface area contributed by atoms with Crippen molar-refractivity contribution < 1.29 is 9.90 Å². The Kier molecular flexibility index (Phi) is 7.08. The Hall–Kier alpha value is -1.69. The maximum atomic E-state index is 12.6. The number of aliphatic hydroxyl groups is 1. The highest BCUT2D eigenvalue weighted by Gasteiger charge is 2.23. The molecule has 0 saturated heterocycles. The predicted octanol–water partition coefficient (Wildman–Crippen LogP) is 1.28. The van der Waals surface area contributed by atoms with E-state index in [-0.39, 0.29) is 36.4 Å². The van der Waals surface area contributed by atoms with Crippen LogP contribution in [0.3, 0.4) is 0 Å². The Balaban J connectivity index is 3.08. The molecule has 6 nitrogen and oxygen atoms in total. The van der Waals surface area contributed by atoms with Crippen LogP contribution in [0.1, 0.15) is 50.5 Å². The molecule has 0 spiro atoms.